The Bertz CT molecular complexity index is 592. The number of hydrogen-bond donors (Lipinski definition) is 0. The Hall–Kier alpha value is -1.15. The lowest BCUT2D eigenvalue weighted by atomic mass is 9.95. The highest BCUT2D eigenvalue weighted by molar-refractivity contribution is 9.10. The first-order valence-corrected chi connectivity index (χ1v) is 7.18. The lowest BCUT2D eigenvalue weighted by molar-refractivity contribution is 0.609. The molecule has 0 nitrogen and oxygen atoms in total. The Morgan fingerprint density at radius 3 is 2.26 bits per heavy atom. The minimum atomic E-state index is -0.125. The zero-order chi connectivity index (χ0) is 14.2. The van der Waals surface area contributed by atoms with Crippen molar-refractivity contribution in [2.75, 3.05) is 0 Å². The standard InChI is InChI=1S/C17H17BrF/c1-10(2)14-6-5-7-15(16(14)18)13-8-11(3)17(19)12(4)9-13/h5-6,8-10H,1-4H3. The first kappa shape index (κ1) is 14.3. The third-order valence-electron chi connectivity index (χ3n) is 3.31. The molecule has 2 rings (SSSR count). The summed E-state index contributed by atoms with van der Waals surface area (Å²) in [6, 6.07) is 11.0. The second kappa shape index (κ2) is 5.46. The van der Waals surface area contributed by atoms with Crippen LogP contribution in [0.1, 0.15) is 36.5 Å². The summed E-state index contributed by atoms with van der Waals surface area (Å²) in [5, 5.41) is 0. The van der Waals surface area contributed by atoms with Crippen molar-refractivity contribution in [2.24, 2.45) is 0 Å². The van der Waals surface area contributed by atoms with Crippen LogP contribution in [-0.2, 0) is 0 Å². The van der Waals surface area contributed by atoms with E-state index in [1.54, 1.807) is 13.8 Å². The Kier molecular flexibility index (Phi) is 4.10. The molecule has 0 N–H and O–H groups in total. The van der Waals surface area contributed by atoms with Crippen molar-refractivity contribution in [1.29, 1.82) is 0 Å². The number of hydrogen-bond acceptors (Lipinski definition) is 0. The lowest BCUT2D eigenvalue weighted by Gasteiger charge is -2.14. The summed E-state index contributed by atoms with van der Waals surface area (Å²) in [5.74, 6) is 0.310. The van der Waals surface area contributed by atoms with Gasteiger partial charge in [-0.1, -0.05) is 26.0 Å². The molecule has 0 aliphatic rings. The highest BCUT2D eigenvalue weighted by Gasteiger charge is 2.12. The van der Waals surface area contributed by atoms with E-state index in [0.717, 1.165) is 15.6 Å². The van der Waals surface area contributed by atoms with Gasteiger partial charge in [0.25, 0.3) is 0 Å². The lowest BCUT2D eigenvalue weighted by Crippen LogP contribution is -1.94. The number of aryl methyl sites for hydroxylation is 2. The van der Waals surface area contributed by atoms with Crippen molar-refractivity contribution in [2.45, 2.75) is 33.6 Å². The third-order valence-corrected chi connectivity index (χ3v) is 4.16. The topological polar surface area (TPSA) is 0 Å². The van der Waals surface area contributed by atoms with Gasteiger partial charge in [0.15, 0.2) is 0 Å². The summed E-state index contributed by atoms with van der Waals surface area (Å²) in [7, 11) is 0. The van der Waals surface area contributed by atoms with Gasteiger partial charge in [0.05, 0.1) is 0 Å². The first-order chi connectivity index (χ1) is 8.91. The average Bonchev–Trinajstić information content (AvgIpc) is 2.35. The monoisotopic (exact) mass is 319 g/mol. The van der Waals surface area contributed by atoms with Gasteiger partial charge in [0, 0.05) is 10.0 Å². The van der Waals surface area contributed by atoms with E-state index in [4.69, 9.17) is 0 Å². The fourth-order valence-electron chi connectivity index (χ4n) is 2.24. The van der Waals surface area contributed by atoms with Crippen molar-refractivity contribution in [3.63, 3.8) is 0 Å². The molecule has 2 heteroatoms. The summed E-state index contributed by atoms with van der Waals surface area (Å²) >= 11 is 3.66. The molecule has 2 aromatic carbocycles. The van der Waals surface area contributed by atoms with E-state index >= 15 is 0 Å². The van der Waals surface area contributed by atoms with E-state index in [1.165, 1.54) is 5.56 Å². The zero-order valence-electron chi connectivity index (χ0n) is 11.6. The summed E-state index contributed by atoms with van der Waals surface area (Å²) in [5.41, 5.74) is 4.59. The predicted octanol–water partition coefficient (Wildman–Crippen LogP) is 5.80. The SMILES string of the molecule is Cc1cc(-c2[c]ccc(C(C)C)c2Br)cc(C)c1F. The Morgan fingerprint density at radius 1 is 1.16 bits per heavy atom. The molecule has 0 fully saturated rings. The fraction of sp³-hybridized carbons (Fsp3) is 0.294. The van der Waals surface area contributed by atoms with E-state index in [2.05, 4.69) is 41.9 Å². The van der Waals surface area contributed by atoms with Crippen molar-refractivity contribution in [3.05, 3.63) is 57.3 Å². The molecule has 1 radical (unpaired) electrons. The molecule has 0 saturated heterocycles. The largest absolute Gasteiger partial charge is 0.206 e. The molecule has 19 heavy (non-hydrogen) atoms. The first-order valence-electron chi connectivity index (χ1n) is 6.39. The molecule has 0 spiro atoms. The van der Waals surface area contributed by atoms with Gasteiger partial charge in [0.2, 0.25) is 0 Å². The van der Waals surface area contributed by atoms with Gasteiger partial charge < -0.3 is 0 Å². The van der Waals surface area contributed by atoms with Crippen LogP contribution < -0.4 is 0 Å². The van der Waals surface area contributed by atoms with Gasteiger partial charge in [0.1, 0.15) is 5.82 Å². The predicted molar refractivity (Wildman–Crippen MR) is 81.9 cm³/mol. The summed E-state index contributed by atoms with van der Waals surface area (Å²) in [6.07, 6.45) is 0. The maximum atomic E-state index is 13.7. The molecule has 99 valence electrons. The van der Waals surface area contributed by atoms with Crippen LogP contribution in [0.2, 0.25) is 0 Å². The van der Waals surface area contributed by atoms with Crippen LogP contribution in [0.25, 0.3) is 11.1 Å². The Morgan fingerprint density at radius 2 is 1.74 bits per heavy atom. The van der Waals surface area contributed by atoms with Gasteiger partial charge >= 0.3 is 0 Å². The summed E-state index contributed by atoms with van der Waals surface area (Å²) in [6.45, 7) is 7.91. The maximum absolute atomic E-state index is 13.7. The molecule has 0 saturated carbocycles. The van der Waals surface area contributed by atoms with Gasteiger partial charge in [-0.05, 0) is 76.1 Å². The highest BCUT2D eigenvalue weighted by Crippen LogP contribution is 2.35. The number of halogens is 2. The van der Waals surface area contributed by atoms with Crippen molar-refractivity contribution in [3.8, 4) is 11.1 Å². The van der Waals surface area contributed by atoms with Crippen LogP contribution in [-0.4, -0.2) is 0 Å². The van der Waals surface area contributed by atoms with Crippen LogP contribution in [0.3, 0.4) is 0 Å². The second-order valence-electron chi connectivity index (χ2n) is 5.20. The normalized spacial score (nSPS) is 11.1. The Balaban J connectivity index is 2.63. The van der Waals surface area contributed by atoms with E-state index in [9.17, 15) is 4.39 Å². The third kappa shape index (κ3) is 2.74. The molecule has 0 unspecified atom stereocenters. The van der Waals surface area contributed by atoms with Crippen LogP contribution >= 0.6 is 15.9 Å². The molecule has 0 atom stereocenters. The average molecular weight is 320 g/mol. The van der Waals surface area contributed by atoms with Gasteiger partial charge in [-0.2, -0.15) is 0 Å². The molecule has 0 aliphatic carbocycles. The van der Waals surface area contributed by atoms with E-state index in [-0.39, 0.29) is 5.82 Å². The van der Waals surface area contributed by atoms with Crippen LogP contribution in [0, 0.1) is 25.7 Å². The van der Waals surface area contributed by atoms with E-state index < -0.39 is 0 Å². The maximum Gasteiger partial charge on any atom is 0.129 e. The molecular weight excluding hydrogens is 303 g/mol. The smallest absolute Gasteiger partial charge is 0.129 e. The van der Waals surface area contributed by atoms with E-state index in [0.29, 0.717) is 17.0 Å². The van der Waals surface area contributed by atoms with Crippen LogP contribution in [0.5, 0.6) is 0 Å². The van der Waals surface area contributed by atoms with Gasteiger partial charge in [-0.15, -0.1) is 0 Å². The number of benzene rings is 2. The van der Waals surface area contributed by atoms with E-state index in [1.807, 2.05) is 18.2 Å². The minimum absolute atomic E-state index is 0.125. The number of rotatable bonds is 2. The minimum Gasteiger partial charge on any atom is -0.206 e. The van der Waals surface area contributed by atoms with Crippen LogP contribution in [0.15, 0.2) is 28.7 Å². The molecular formula is C17H17BrF. The molecule has 0 aromatic heterocycles. The second-order valence-corrected chi connectivity index (χ2v) is 5.99. The molecule has 0 aliphatic heterocycles. The highest BCUT2D eigenvalue weighted by atomic mass is 79.9. The fourth-order valence-corrected chi connectivity index (χ4v) is 3.18. The van der Waals surface area contributed by atoms with Gasteiger partial charge in [-0.25, -0.2) is 4.39 Å². The van der Waals surface area contributed by atoms with Crippen molar-refractivity contribution in [1.82, 2.24) is 0 Å². The van der Waals surface area contributed by atoms with Crippen molar-refractivity contribution < 1.29 is 4.39 Å². The quantitative estimate of drug-likeness (QED) is 0.656. The molecule has 0 bridgehead atoms. The van der Waals surface area contributed by atoms with Crippen molar-refractivity contribution >= 4 is 15.9 Å². The molecule has 0 heterocycles. The van der Waals surface area contributed by atoms with Gasteiger partial charge in [-0.3, -0.25) is 0 Å². The molecule has 2 aromatic rings. The zero-order valence-corrected chi connectivity index (χ0v) is 13.2. The Labute approximate surface area is 122 Å². The van der Waals surface area contributed by atoms with Crippen LogP contribution in [0.4, 0.5) is 4.39 Å². The summed E-state index contributed by atoms with van der Waals surface area (Å²) in [4.78, 5) is 0. The summed E-state index contributed by atoms with van der Waals surface area (Å²) < 4.78 is 14.8. The molecule has 0 amide bonds.